The highest BCUT2D eigenvalue weighted by Gasteiger charge is 2.36. The van der Waals surface area contributed by atoms with E-state index in [4.69, 9.17) is 0 Å². The van der Waals surface area contributed by atoms with Gasteiger partial charge in [-0.2, -0.15) is 13.2 Å². The molecular formula is C21H21F3N2O2. The molecule has 0 spiro atoms. The second-order valence-corrected chi connectivity index (χ2v) is 7.05. The molecule has 4 nitrogen and oxygen atoms in total. The molecule has 0 saturated carbocycles. The monoisotopic (exact) mass is 390 g/mol. The molecule has 1 fully saturated rings. The maximum atomic E-state index is 12.9. The predicted molar refractivity (Wildman–Crippen MR) is 97.9 cm³/mol. The summed E-state index contributed by atoms with van der Waals surface area (Å²) in [4.78, 5) is 28.0. The molecule has 148 valence electrons. The van der Waals surface area contributed by atoms with Crippen molar-refractivity contribution in [3.8, 4) is 0 Å². The number of benzene rings is 2. The Morgan fingerprint density at radius 3 is 2.46 bits per heavy atom. The zero-order chi connectivity index (χ0) is 20.3. The van der Waals surface area contributed by atoms with Crippen molar-refractivity contribution < 1.29 is 22.8 Å². The Hall–Kier alpha value is -2.83. The molecule has 1 saturated heterocycles. The summed E-state index contributed by atoms with van der Waals surface area (Å²) in [6.45, 7) is 0.722. The van der Waals surface area contributed by atoms with Gasteiger partial charge in [0.25, 0.3) is 0 Å². The third kappa shape index (κ3) is 4.71. The van der Waals surface area contributed by atoms with Gasteiger partial charge >= 0.3 is 6.18 Å². The van der Waals surface area contributed by atoms with Gasteiger partial charge in [0.05, 0.1) is 11.5 Å². The number of likely N-dealkylation sites (tertiary alicyclic amines) is 1. The van der Waals surface area contributed by atoms with E-state index >= 15 is 0 Å². The molecular weight excluding hydrogens is 369 g/mol. The van der Waals surface area contributed by atoms with Crippen molar-refractivity contribution in [1.29, 1.82) is 0 Å². The van der Waals surface area contributed by atoms with Crippen LogP contribution in [0.2, 0.25) is 0 Å². The highest BCUT2D eigenvalue weighted by atomic mass is 19.4. The number of carbonyl (C=O) groups is 2. The molecule has 2 aromatic rings. The molecule has 0 radical (unpaired) electrons. The van der Waals surface area contributed by atoms with Crippen LogP contribution in [0.25, 0.3) is 0 Å². The van der Waals surface area contributed by atoms with Crippen LogP contribution in [0.3, 0.4) is 0 Å². The van der Waals surface area contributed by atoms with Crippen molar-refractivity contribution in [2.24, 2.45) is 5.92 Å². The first-order valence-electron chi connectivity index (χ1n) is 8.97. The zero-order valence-corrected chi connectivity index (χ0v) is 15.4. The smallest absolute Gasteiger partial charge is 0.341 e. The second kappa shape index (κ2) is 8.04. The molecule has 1 heterocycles. The molecule has 1 unspecified atom stereocenters. The van der Waals surface area contributed by atoms with Gasteiger partial charge in [0, 0.05) is 33.1 Å². The van der Waals surface area contributed by atoms with Gasteiger partial charge in [-0.25, -0.2) is 0 Å². The molecule has 2 aromatic carbocycles. The molecule has 28 heavy (non-hydrogen) atoms. The van der Waals surface area contributed by atoms with Crippen LogP contribution in [0.15, 0.2) is 54.6 Å². The Labute approximate surface area is 161 Å². The Morgan fingerprint density at radius 2 is 1.79 bits per heavy atom. The first kappa shape index (κ1) is 19.9. The van der Waals surface area contributed by atoms with Gasteiger partial charge in [-0.15, -0.1) is 0 Å². The minimum absolute atomic E-state index is 0.0644. The lowest BCUT2D eigenvalue weighted by Gasteiger charge is -2.22. The summed E-state index contributed by atoms with van der Waals surface area (Å²) in [5.74, 6) is -0.834. The lowest BCUT2D eigenvalue weighted by molar-refractivity contribution is -0.137. The molecule has 7 heteroatoms. The van der Waals surface area contributed by atoms with Gasteiger partial charge < -0.3 is 9.80 Å². The van der Waals surface area contributed by atoms with Crippen LogP contribution < -0.4 is 0 Å². The average molecular weight is 390 g/mol. The lowest BCUT2D eigenvalue weighted by atomic mass is 10.1. The van der Waals surface area contributed by atoms with Crippen molar-refractivity contribution >= 4 is 11.8 Å². The maximum Gasteiger partial charge on any atom is 0.416 e. The van der Waals surface area contributed by atoms with E-state index in [1.807, 2.05) is 30.3 Å². The van der Waals surface area contributed by atoms with Gasteiger partial charge in [0.15, 0.2) is 0 Å². The van der Waals surface area contributed by atoms with E-state index in [9.17, 15) is 22.8 Å². The fourth-order valence-electron chi connectivity index (χ4n) is 3.40. The Morgan fingerprint density at radius 1 is 1.11 bits per heavy atom. The SMILES string of the molecule is CN(Cc1ccccc1)C(=O)C1CC(=O)N(Cc2cccc(C(F)(F)F)c2)C1. The summed E-state index contributed by atoms with van der Waals surface area (Å²) < 4.78 is 38.6. The van der Waals surface area contributed by atoms with Gasteiger partial charge in [0.2, 0.25) is 11.8 Å². The topological polar surface area (TPSA) is 40.6 Å². The van der Waals surface area contributed by atoms with Crippen molar-refractivity contribution in [3.63, 3.8) is 0 Å². The quantitative estimate of drug-likeness (QED) is 0.781. The number of carbonyl (C=O) groups excluding carboxylic acids is 2. The van der Waals surface area contributed by atoms with Crippen LogP contribution in [0, 0.1) is 5.92 Å². The van der Waals surface area contributed by atoms with Crippen LogP contribution in [0.5, 0.6) is 0 Å². The van der Waals surface area contributed by atoms with Gasteiger partial charge in [-0.3, -0.25) is 9.59 Å². The molecule has 3 rings (SSSR count). The van der Waals surface area contributed by atoms with Crippen LogP contribution in [0.1, 0.15) is 23.1 Å². The van der Waals surface area contributed by atoms with E-state index in [-0.39, 0.29) is 31.3 Å². The first-order valence-corrected chi connectivity index (χ1v) is 8.97. The van der Waals surface area contributed by atoms with Crippen LogP contribution >= 0.6 is 0 Å². The lowest BCUT2D eigenvalue weighted by Crippen LogP contribution is -2.34. The molecule has 0 aromatic heterocycles. The van der Waals surface area contributed by atoms with Gasteiger partial charge in [0.1, 0.15) is 0 Å². The second-order valence-electron chi connectivity index (χ2n) is 7.05. The van der Waals surface area contributed by atoms with E-state index in [0.717, 1.165) is 17.7 Å². The Bertz CT molecular complexity index is 852. The van der Waals surface area contributed by atoms with Crippen molar-refractivity contribution in [3.05, 3.63) is 71.3 Å². The molecule has 1 aliphatic heterocycles. The maximum absolute atomic E-state index is 12.9. The predicted octanol–water partition coefficient (Wildman–Crippen LogP) is 3.71. The highest BCUT2D eigenvalue weighted by Crippen LogP contribution is 2.30. The normalized spacial score (nSPS) is 17.1. The Balaban J connectivity index is 1.62. The number of rotatable bonds is 5. The molecule has 2 amide bonds. The summed E-state index contributed by atoms with van der Waals surface area (Å²) in [5, 5.41) is 0. The van der Waals surface area contributed by atoms with E-state index in [2.05, 4.69) is 0 Å². The summed E-state index contributed by atoms with van der Waals surface area (Å²) in [6, 6.07) is 14.4. The van der Waals surface area contributed by atoms with Gasteiger partial charge in [-0.05, 0) is 23.3 Å². The van der Waals surface area contributed by atoms with Crippen molar-refractivity contribution in [1.82, 2.24) is 9.80 Å². The minimum Gasteiger partial charge on any atom is -0.341 e. The van der Waals surface area contributed by atoms with Crippen molar-refractivity contribution in [2.75, 3.05) is 13.6 Å². The number of halogens is 3. The van der Waals surface area contributed by atoms with Crippen LogP contribution in [-0.2, 0) is 28.9 Å². The third-order valence-electron chi connectivity index (χ3n) is 4.83. The minimum atomic E-state index is -4.43. The number of hydrogen-bond donors (Lipinski definition) is 0. The van der Waals surface area contributed by atoms with Crippen molar-refractivity contribution in [2.45, 2.75) is 25.7 Å². The average Bonchev–Trinajstić information content (AvgIpc) is 3.02. The molecule has 1 aliphatic rings. The summed E-state index contributed by atoms with van der Waals surface area (Å²) >= 11 is 0. The van der Waals surface area contributed by atoms with E-state index in [0.29, 0.717) is 12.1 Å². The van der Waals surface area contributed by atoms with Crippen LogP contribution in [0.4, 0.5) is 13.2 Å². The zero-order valence-electron chi connectivity index (χ0n) is 15.4. The summed E-state index contributed by atoms with van der Waals surface area (Å²) in [7, 11) is 1.69. The summed E-state index contributed by atoms with van der Waals surface area (Å²) in [5.41, 5.74) is 0.643. The molecule has 0 N–H and O–H groups in total. The fraction of sp³-hybridized carbons (Fsp3) is 0.333. The third-order valence-corrected chi connectivity index (χ3v) is 4.83. The standard InChI is InChI=1S/C21H21F3N2O2/c1-25(12-15-6-3-2-4-7-15)20(28)17-11-19(27)26(14-17)13-16-8-5-9-18(10-16)21(22,23)24/h2-10,17H,11-14H2,1H3. The number of amides is 2. The van der Waals surface area contributed by atoms with Crippen LogP contribution in [-0.4, -0.2) is 35.2 Å². The number of hydrogen-bond acceptors (Lipinski definition) is 2. The first-order chi connectivity index (χ1) is 13.2. The van der Waals surface area contributed by atoms with E-state index in [1.54, 1.807) is 18.0 Å². The molecule has 1 atom stereocenters. The van der Waals surface area contributed by atoms with E-state index in [1.165, 1.54) is 11.0 Å². The van der Waals surface area contributed by atoms with E-state index < -0.39 is 17.7 Å². The fourth-order valence-corrected chi connectivity index (χ4v) is 3.40. The molecule has 0 bridgehead atoms. The molecule has 0 aliphatic carbocycles. The van der Waals surface area contributed by atoms with Gasteiger partial charge in [-0.1, -0.05) is 42.5 Å². The highest BCUT2D eigenvalue weighted by molar-refractivity contribution is 5.89. The largest absolute Gasteiger partial charge is 0.416 e. The number of alkyl halides is 3. The Kier molecular flexibility index (Phi) is 5.72. The number of nitrogens with zero attached hydrogens (tertiary/aromatic N) is 2. The summed E-state index contributed by atoms with van der Waals surface area (Å²) in [6.07, 6.45) is -4.35.